The summed E-state index contributed by atoms with van der Waals surface area (Å²) in [6, 6.07) is 14.3. The van der Waals surface area contributed by atoms with E-state index in [4.69, 9.17) is 9.47 Å². The van der Waals surface area contributed by atoms with Crippen LogP contribution >= 0.6 is 0 Å². The van der Waals surface area contributed by atoms with Gasteiger partial charge in [0.05, 0.1) is 14.2 Å². The van der Waals surface area contributed by atoms with E-state index in [0.29, 0.717) is 43.2 Å². The number of methoxy groups -OCH3 is 2. The van der Waals surface area contributed by atoms with Crippen LogP contribution in [-0.2, 0) is 0 Å². The van der Waals surface area contributed by atoms with E-state index in [1.54, 1.807) is 35.1 Å². The van der Waals surface area contributed by atoms with Crippen molar-refractivity contribution >= 4 is 17.6 Å². The quantitative estimate of drug-likeness (QED) is 0.900. The molecule has 0 aliphatic carbocycles. The van der Waals surface area contributed by atoms with Gasteiger partial charge in [-0.3, -0.25) is 4.79 Å². The van der Waals surface area contributed by atoms with E-state index < -0.39 is 0 Å². The number of benzene rings is 2. The first-order valence-electron chi connectivity index (χ1n) is 8.74. The molecule has 1 saturated heterocycles. The zero-order chi connectivity index (χ0) is 19.2. The Morgan fingerprint density at radius 1 is 0.852 bits per heavy atom. The molecule has 1 aliphatic heterocycles. The van der Waals surface area contributed by atoms with Crippen molar-refractivity contribution in [3.05, 3.63) is 54.1 Å². The van der Waals surface area contributed by atoms with Gasteiger partial charge in [0.1, 0.15) is 0 Å². The van der Waals surface area contributed by atoms with Crippen molar-refractivity contribution < 1.29 is 19.1 Å². The normalized spacial score (nSPS) is 13.9. The molecular weight excluding hydrogens is 346 g/mol. The number of ether oxygens (including phenoxy) is 2. The number of nitrogens with one attached hydrogen (secondary N) is 1. The van der Waals surface area contributed by atoms with Gasteiger partial charge in [-0.2, -0.15) is 0 Å². The van der Waals surface area contributed by atoms with Crippen LogP contribution in [0.2, 0.25) is 0 Å². The summed E-state index contributed by atoms with van der Waals surface area (Å²) in [4.78, 5) is 28.6. The number of rotatable bonds is 4. The Labute approximate surface area is 158 Å². The van der Waals surface area contributed by atoms with Gasteiger partial charge in [0.2, 0.25) is 0 Å². The van der Waals surface area contributed by atoms with Gasteiger partial charge in [0.25, 0.3) is 5.91 Å². The summed E-state index contributed by atoms with van der Waals surface area (Å²) in [6.45, 7) is 1.93. The number of anilines is 1. The fourth-order valence-electron chi connectivity index (χ4n) is 2.99. The number of hydrogen-bond acceptors (Lipinski definition) is 4. The fourth-order valence-corrected chi connectivity index (χ4v) is 2.99. The molecule has 2 aromatic rings. The molecule has 0 saturated carbocycles. The summed E-state index contributed by atoms with van der Waals surface area (Å²) < 4.78 is 10.5. The van der Waals surface area contributed by atoms with E-state index in [0.717, 1.165) is 5.69 Å². The molecule has 1 heterocycles. The molecule has 1 fully saturated rings. The molecule has 3 amide bonds. The molecule has 142 valence electrons. The highest BCUT2D eigenvalue weighted by Gasteiger charge is 2.25. The van der Waals surface area contributed by atoms with E-state index in [9.17, 15) is 9.59 Å². The number of amides is 3. The molecule has 0 unspecified atom stereocenters. The molecule has 2 aromatic carbocycles. The highest BCUT2D eigenvalue weighted by molar-refractivity contribution is 5.95. The van der Waals surface area contributed by atoms with Crippen molar-refractivity contribution in [2.24, 2.45) is 0 Å². The molecule has 7 nitrogen and oxygen atoms in total. The highest BCUT2D eigenvalue weighted by Crippen LogP contribution is 2.28. The average Bonchev–Trinajstić information content (AvgIpc) is 2.73. The van der Waals surface area contributed by atoms with Crippen LogP contribution in [0.1, 0.15) is 10.4 Å². The van der Waals surface area contributed by atoms with Gasteiger partial charge in [-0.1, -0.05) is 18.2 Å². The molecule has 1 aliphatic rings. The van der Waals surface area contributed by atoms with Crippen molar-refractivity contribution in [2.75, 3.05) is 45.7 Å². The fraction of sp³-hybridized carbons (Fsp3) is 0.300. The number of para-hydroxylation sites is 1. The van der Waals surface area contributed by atoms with Crippen LogP contribution in [0.4, 0.5) is 10.5 Å². The predicted molar refractivity (Wildman–Crippen MR) is 102 cm³/mol. The van der Waals surface area contributed by atoms with Gasteiger partial charge in [-0.25, -0.2) is 4.79 Å². The Morgan fingerprint density at radius 2 is 1.48 bits per heavy atom. The molecule has 0 atom stereocenters. The Bertz CT molecular complexity index is 802. The number of urea groups is 1. The van der Waals surface area contributed by atoms with Crippen LogP contribution in [0.25, 0.3) is 0 Å². The lowest BCUT2D eigenvalue weighted by Crippen LogP contribution is -2.51. The van der Waals surface area contributed by atoms with E-state index >= 15 is 0 Å². The minimum absolute atomic E-state index is 0.0842. The van der Waals surface area contributed by atoms with Gasteiger partial charge >= 0.3 is 6.03 Å². The third-order valence-electron chi connectivity index (χ3n) is 4.51. The minimum Gasteiger partial charge on any atom is -0.493 e. The monoisotopic (exact) mass is 369 g/mol. The Balaban J connectivity index is 1.58. The second kappa shape index (κ2) is 8.44. The SMILES string of the molecule is COc1ccc(C(=O)N2CCN(C(=O)Nc3ccccc3)CC2)cc1OC. The molecular formula is C20H23N3O4. The maximum Gasteiger partial charge on any atom is 0.321 e. The average molecular weight is 369 g/mol. The van der Waals surface area contributed by atoms with E-state index in [1.165, 1.54) is 7.11 Å². The van der Waals surface area contributed by atoms with Crippen molar-refractivity contribution in [1.82, 2.24) is 9.80 Å². The van der Waals surface area contributed by atoms with Gasteiger partial charge in [0.15, 0.2) is 11.5 Å². The molecule has 0 aromatic heterocycles. The summed E-state index contributed by atoms with van der Waals surface area (Å²) >= 11 is 0. The Morgan fingerprint density at radius 3 is 2.11 bits per heavy atom. The predicted octanol–water partition coefficient (Wildman–Crippen LogP) is 2.69. The van der Waals surface area contributed by atoms with Crippen molar-refractivity contribution in [3.63, 3.8) is 0 Å². The van der Waals surface area contributed by atoms with Crippen LogP contribution in [0.3, 0.4) is 0 Å². The first-order valence-corrected chi connectivity index (χ1v) is 8.74. The number of carbonyl (C=O) groups is 2. The van der Waals surface area contributed by atoms with Gasteiger partial charge in [0, 0.05) is 37.4 Å². The first-order chi connectivity index (χ1) is 13.1. The maximum absolute atomic E-state index is 12.7. The zero-order valence-electron chi connectivity index (χ0n) is 15.5. The van der Waals surface area contributed by atoms with Crippen LogP contribution in [0.5, 0.6) is 11.5 Å². The minimum atomic E-state index is -0.153. The van der Waals surface area contributed by atoms with Crippen LogP contribution in [0, 0.1) is 0 Å². The van der Waals surface area contributed by atoms with Gasteiger partial charge in [-0.15, -0.1) is 0 Å². The second-order valence-corrected chi connectivity index (χ2v) is 6.15. The second-order valence-electron chi connectivity index (χ2n) is 6.15. The highest BCUT2D eigenvalue weighted by atomic mass is 16.5. The topological polar surface area (TPSA) is 71.1 Å². The van der Waals surface area contributed by atoms with Crippen LogP contribution < -0.4 is 14.8 Å². The van der Waals surface area contributed by atoms with Crippen molar-refractivity contribution in [2.45, 2.75) is 0 Å². The Hall–Kier alpha value is -3.22. The first kappa shape index (κ1) is 18.6. The lowest BCUT2D eigenvalue weighted by atomic mass is 10.1. The number of nitrogens with zero attached hydrogens (tertiary/aromatic N) is 2. The maximum atomic E-state index is 12.7. The van der Waals surface area contributed by atoms with Gasteiger partial charge < -0.3 is 24.6 Å². The summed E-state index contributed by atoms with van der Waals surface area (Å²) in [5.74, 6) is 1.01. The van der Waals surface area contributed by atoms with Crippen molar-refractivity contribution in [1.29, 1.82) is 0 Å². The summed E-state index contributed by atoms with van der Waals surface area (Å²) in [7, 11) is 3.09. The third-order valence-corrected chi connectivity index (χ3v) is 4.51. The molecule has 27 heavy (non-hydrogen) atoms. The number of piperazine rings is 1. The van der Waals surface area contributed by atoms with Crippen LogP contribution in [0.15, 0.2) is 48.5 Å². The summed E-state index contributed by atoms with van der Waals surface area (Å²) in [5, 5.41) is 2.87. The smallest absolute Gasteiger partial charge is 0.321 e. The van der Waals surface area contributed by atoms with Crippen molar-refractivity contribution in [3.8, 4) is 11.5 Å². The molecule has 0 bridgehead atoms. The van der Waals surface area contributed by atoms with E-state index in [-0.39, 0.29) is 11.9 Å². The summed E-state index contributed by atoms with van der Waals surface area (Å²) in [5.41, 5.74) is 1.29. The Kier molecular flexibility index (Phi) is 5.80. The molecule has 3 rings (SSSR count). The van der Waals surface area contributed by atoms with E-state index in [2.05, 4.69) is 5.32 Å². The van der Waals surface area contributed by atoms with Gasteiger partial charge in [-0.05, 0) is 30.3 Å². The molecule has 0 spiro atoms. The number of carbonyl (C=O) groups excluding carboxylic acids is 2. The van der Waals surface area contributed by atoms with E-state index in [1.807, 2.05) is 30.3 Å². The lowest BCUT2D eigenvalue weighted by molar-refractivity contribution is 0.0671. The molecule has 7 heteroatoms. The number of hydrogen-bond donors (Lipinski definition) is 1. The zero-order valence-corrected chi connectivity index (χ0v) is 15.5. The van der Waals surface area contributed by atoms with Crippen LogP contribution in [-0.4, -0.2) is 62.1 Å². The largest absolute Gasteiger partial charge is 0.493 e. The lowest BCUT2D eigenvalue weighted by Gasteiger charge is -2.34. The summed E-state index contributed by atoms with van der Waals surface area (Å²) in [6.07, 6.45) is 0. The standard InChI is InChI=1S/C20H23N3O4/c1-26-17-9-8-15(14-18(17)27-2)19(24)22-10-12-23(13-11-22)20(25)21-16-6-4-3-5-7-16/h3-9,14H,10-13H2,1-2H3,(H,21,25). The molecule has 1 N–H and O–H groups in total. The third kappa shape index (κ3) is 4.31. The molecule has 0 radical (unpaired) electrons.